The van der Waals surface area contributed by atoms with E-state index in [0.29, 0.717) is 5.56 Å². The molecule has 1 atom stereocenters. The standard InChI is InChI=1S/C12H12N2O2/c1-6-11-7(4-5-13-6)10-8(14-11)2-3-9(15)12(10)16/h2-3,6,13-14H,4-5H2,1H3. The largest absolute Gasteiger partial charge is 0.357 e. The molecule has 4 heteroatoms. The highest BCUT2D eigenvalue weighted by Gasteiger charge is 2.31. The molecule has 1 aliphatic heterocycles. The third kappa shape index (κ3) is 1.13. The molecule has 1 unspecified atom stereocenters. The molecular weight excluding hydrogens is 204 g/mol. The maximum atomic E-state index is 11.8. The van der Waals surface area contributed by atoms with Crippen LogP contribution in [-0.4, -0.2) is 23.1 Å². The lowest BCUT2D eigenvalue weighted by Crippen LogP contribution is -2.28. The number of carbonyl (C=O) groups excluding carboxylic acids is 2. The summed E-state index contributed by atoms with van der Waals surface area (Å²) < 4.78 is 0. The monoisotopic (exact) mass is 216 g/mol. The van der Waals surface area contributed by atoms with Gasteiger partial charge < -0.3 is 10.3 Å². The normalized spacial score (nSPS) is 23.2. The van der Waals surface area contributed by atoms with Gasteiger partial charge in [0, 0.05) is 11.7 Å². The Morgan fingerprint density at radius 1 is 1.31 bits per heavy atom. The smallest absolute Gasteiger partial charge is 0.235 e. The summed E-state index contributed by atoms with van der Waals surface area (Å²) in [6.07, 6.45) is 3.84. The number of aromatic nitrogens is 1. The highest BCUT2D eigenvalue weighted by atomic mass is 16.2. The van der Waals surface area contributed by atoms with E-state index in [9.17, 15) is 9.59 Å². The average molecular weight is 216 g/mol. The third-order valence-corrected chi connectivity index (χ3v) is 3.28. The lowest BCUT2D eigenvalue weighted by Gasteiger charge is -2.20. The fourth-order valence-electron chi connectivity index (χ4n) is 2.47. The number of aromatic amines is 1. The predicted molar refractivity (Wildman–Crippen MR) is 59.3 cm³/mol. The third-order valence-electron chi connectivity index (χ3n) is 3.28. The van der Waals surface area contributed by atoms with Crippen molar-refractivity contribution in [3.05, 3.63) is 28.6 Å². The molecule has 0 amide bonds. The number of hydrogen-bond acceptors (Lipinski definition) is 3. The number of fused-ring (bicyclic) bond motifs is 3. The second kappa shape index (κ2) is 3.15. The van der Waals surface area contributed by atoms with Crippen LogP contribution in [0.25, 0.3) is 6.08 Å². The Balaban J connectivity index is 2.24. The number of Topliss-reactive ketones (excluding diaryl/α,β-unsaturated/α-hetero) is 1. The molecule has 2 N–H and O–H groups in total. The van der Waals surface area contributed by atoms with Gasteiger partial charge in [-0.25, -0.2) is 0 Å². The lowest BCUT2D eigenvalue weighted by molar-refractivity contribution is -0.110. The van der Waals surface area contributed by atoms with Crippen molar-refractivity contribution in [3.8, 4) is 0 Å². The summed E-state index contributed by atoms with van der Waals surface area (Å²) in [5.74, 6) is -0.787. The van der Waals surface area contributed by atoms with Crippen LogP contribution in [0.1, 0.15) is 40.3 Å². The molecule has 0 saturated carbocycles. The van der Waals surface area contributed by atoms with Crippen molar-refractivity contribution in [2.24, 2.45) is 0 Å². The molecule has 4 nitrogen and oxygen atoms in total. The summed E-state index contributed by atoms with van der Waals surface area (Å²) in [4.78, 5) is 26.4. The summed E-state index contributed by atoms with van der Waals surface area (Å²) in [6.45, 7) is 2.90. The molecule has 82 valence electrons. The number of rotatable bonds is 0. The average Bonchev–Trinajstić information content (AvgIpc) is 2.64. The molecule has 1 aromatic heterocycles. The van der Waals surface area contributed by atoms with Gasteiger partial charge in [0.2, 0.25) is 11.6 Å². The minimum Gasteiger partial charge on any atom is -0.357 e. The number of hydrogen-bond donors (Lipinski definition) is 2. The van der Waals surface area contributed by atoms with Crippen LogP contribution in [0.2, 0.25) is 0 Å². The number of ketones is 2. The van der Waals surface area contributed by atoms with E-state index < -0.39 is 5.78 Å². The topological polar surface area (TPSA) is 62.0 Å². The molecule has 0 radical (unpaired) electrons. The number of allylic oxidation sites excluding steroid dienone is 1. The molecule has 1 aliphatic carbocycles. The fourth-order valence-corrected chi connectivity index (χ4v) is 2.47. The van der Waals surface area contributed by atoms with Gasteiger partial charge in [0.1, 0.15) is 0 Å². The molecule has 0 aromatic carbocycles. The Morgan fingerprint density at radius 2 is 2.12 bits per heavy atom. The maximum absolute atomic E-state index is 11.8. The van der Waals surface area contributed by atoms with E-state index >= 15 is 0 Å². The van der Waals surface area contributed by atoms with Crippen LogP contribution >= 0.6 is 0 Å². The second-order valence-corrected chi connectivity index (χ2v) is 4.26. The zero-order chi connectivity index (χ0) is 11.3. The van der Waals surface area contributed by atoms with Gasteiger partial charge in [0.25, 0.3) is 0 Å². The van der Waals surface area contributed by atoms with Crippen LogP contribution in [0, 0.1) is 0 Å². The number of H-pyrrole nitrogens is 1. The molecule has 1 aromatic rings. The predicted octanol–water partition coefficient (Wildman–Crippen LogP) is 1.00. The summed E-state index contributed by atoms with van der Waals surface area (Å²) in [5, 5.41) is 3.32. The number of carbonyl (C=O) groups is 2. The minimum atomic E-state index is -0.416. The van der Waals surface area contributed by atoms with Gasteiger partial charge in [0.05, 0.1) is 11.3 Å². The van der Waals surface area contributed by atoms with Crippen LogP contribution in [0.15, 0.2) is 6.08 Å². The first-order valence-electron chi connectivity index (χ1n) is 5.43. The lowest BCUT2D eigenvalue weighted by atomic mass is 9.92. The number of nitrogens with one attached hydrogen (secondary N) is 2. The fraction of sp³-hybridized carbons (Fsp3) is 0.333. The van der Waals surface area contributed by atoms with Gasteiger partial charge in [-0.2, -0.15) is 0 Å². The zero-order valence-corrected chi connectivity index (χ0v) is 8.96. The molecule has 0 fully saturated rings. The van der Waals surface area contributed by atoms with Crippen LogP contribution in [0.3, 0.4) is 0 Å². The molecule has 16 heavy (non-hydrogen) atoms. The molecule has 0 bridgehead atoms. The first-order valence-corrected chi connectivity index (χ1v) is 5.43. The van der Waals surface area contributed by atoms with Crippen LogP contribution in [0.4, 0.5) is 0 Å². The molecule has 0 saturated heterocycles. The molecular formula is C12H12N2O2. The molecule has 3 rings (SSSR count). The highest BCUT2D eigenvalue weighted by Crippen LogP contribution is 2.30. The quantitative estimate of drug-likeness (QED) is 0.636. The van der Waals surface area contributed by atoms with Crippen LogP contribution in [-0.2, 0) is 11.2 Å². The van der Waals surface area contributed by atoms with Crippen molar-refractivity contribution in [2.45, 2.75) is 19.4 Å². The highest BCUT2D eigenvalue weighted by molar-refractivity contribution is 6.50. The Labute approximate surface area is 92.7 Å². The summed E-state index contributed by atoms with van der Waals surface area (Å²) in [5.41, 5.74) is 3.44. The molecule has 0 spiro atoms. The minimum absolute atomic E-state index is 0.214. The van der Waals surface area contributed by atoms with Crippen molar-refractivity contribution in [3.63, 3.8) is 0 Å². The zero-order valence-electron chi connectivity index (χ0n) is 8.96. The van der Waals surface area contributed by atoms with E-state index in [-0.39, 0.29) is 11.8 Å². The van der Waals surface area contributed by atoms with Gasteiger partial charge in [-0.15, -0.1) is 0 Å². The van der Waals surface area contributed by atoms with Crippen LogP contribution < -0.4 is 5.32 Å². The second-order valence-electron chi connectivity index (χ2n) is 4.26. The van der Waals surface area contributed by atoms with Crippen molar-refractivity contribution < 1.29 is 9.59 Å². The maximum Gasteiger partial charge on any atom is 0.235 e. The van der Waals surface area contributed by atoms with Gasteiger partial charge in [0.15, 0.2) is 0 Å². The first-order chi connectivity index (χ1) is 7.68. The summed E-state index contributed by atoms with van der Waals surface area (Å²) >= 11 is 0. The molecule has 2 heterocycles. The Morgan fingerprint density at radius 3 is 2.94 bits per heavy atom. The Bertz CT molecular complexity index is 525. The van der Waals surface area contributed by atoms with Crippen molar-refractivity contribution in [1.82, 2.24) is 10.3 Å². The van der Waals surface area contributed by atoms with Gasteiger partial charge in [-0.3, -0.25) is 9.59 Å². The van der Waals surface area contributed by atoms with Gasteiger partial charge in [-0.1, -0.05) is 0 Å². The van der Waals surface area contributed by atoms with E-state index in [1.165, 1.54) is 6.08 Å². The van der Waals surface area contributed by atoms with Crippen molar-refractivity contribution in [1.29, 1.82) is 0 Å². The summed E-state index contributed by atoms with van der Waals surface area (Å²) in [6, 6.07) is 0.214. The Kier molecular flexibility index (Phi) is 1.88. The first kappa shape index (κ1) is 9.54. The van der Waals surface area contributed by atoms with E-state index in [4.69, 9.17) is 0 Å². The van der Waals surface area contributed by atoms with Crippen LogP contribution in [0.5, 0.6) is 0 Å². The van der Waals surface area contributed by atoms with Crippen molar-refractivity contribution in [2.75, 3.05) is 6.54 Å². The van der Waals surface area contributed by atoms with E-state index in [2.05, 4.69) is 17.2 Å². The SMILES string of the molecule is CC1NCCc2c1[nH]c1c2C(=O)C(=O)C=C1. The van der Waals surface area contributed by atoms with E-state index in [0.717, 1.165) is 29.9 Å². The summed E-state index contributed by atoms with van der Waals surface area (Å²) in [7, 11) is 0. The van der Waals surface area contributed by atoms with E-state index in [1.807, 2.05) is 0 Å². The molecule has 2 aliphatic rings. The Hall–Kier alpha value is -1.68. The van der Waals surface area contributed by atoms with Gasteiger partial charge in [-0.05, 0) is 37.6 Å². The van der Waals surface area contributed by atoms with Crippen molar-refractivity contribution >= 4 is 17.6 Å². The van der Waals surface area contributed by atoms with E-state index in [1.54, 1.807) is 6.08 Å². The van der Waals surface area contributed by atoms with Gasteiger partial charge >= 0.3 is 0 Å².